The van der Waals surface area contributed by atoms with E-state index in [1.54, 1.807) is 19.1 Å². The van der Waals surface area contributed by atoms with Crippen molar-refractivity contribution in [2.75, 3.05) is 0 Å². The van der Waals surface area contributed by atoms with Crippen molar-refractivity contribution in [1.82, 2.24) is 0 Å². The molecule has 0 radical (unpaired) electrons. The van der Waals surface area contributed by atoms with Crippen LogP contribution in [0.15, 0.2) is 30.3 Å². The van der Waals surface area contributed by atoms with Crippen LogP contribution in [0.2, 0.25) is 0 Å². The van der Waals surface area contributed by atoms with Gasteiger partial charge in [-0.2, -0.15) is 0 Å². The lowest BCUT2D eigenvalue weighted by Crippen LogP contribution is -1.95. The fraction of sp³-hybridized carbons (Fsp3) is 0.0714. The SMILES string of the molecule is Cc1ccc(C=O)c(-c2cc(F)c(F)cc2F)c1. The predicted octanol–water partition coefficient (Wildman–Crippen LogP) is 3.89. The van der Waals surface area contributed by atoms with E-state index < -0.39 is 17.5 Å². The molecule has 0 N–H and O–H groups in total. The summed E-state index contributed by atoms with van der Waals surface area (Å²) in [5, 5.41) is 0. The maximum atomic E-state index is 13.6. The molecule has 92 valence electrons. The molecule has 0 bridgehead atoms. The molecule has 0 aliphatic heterocycles. The van der Waals surface area contributed by atoms with Crippen molar-refractivity contribution in [1.29, 1.82) is 0 Å². The van der Waals surface area contributed by atoms with Crippen LogP contribution in [0.25, 0.3) is 11.1 Å². The molecular weight excluding hydrogens is 241 g/mol. The fourth-order valence-electron chi connectivity index (χ4n) is 1.74. The first-order valence-electron chi connectivity index (χ1n) is 5.23. The number of hydrogen-bond donors (Lipinski definition) is 0. The minimum atomic E-state index is -1.25. The van der Waals surface area contributed by atoms with Gasteiger partial charge in [-0.1, -0.05) is 23.8 Å². The summed E-state index contributed by atoms with van der Waals surface area (Å²) in [5.41, 5.74) is 1.14. The molecule has 0 spiro atoms. The quantitative estimate of drug-likeness (QED) is 0.583. The van der Waals surface area contributed by atoms with E-state index in [-0.39, 0.29) is 16.7 Å². The van der Waals surface area contributed by atoms with Crippen molar-refractivity contribution in [3.8, 4) is 11.1 Å². The third-order valence-electron chi connectivity index (χ3n) is 2.64. The van der Waals surface area contributed by atoms with E-state index >= 15 is 0 Å². The van der Waals surface area contributed by atoms with Gasteiger partial charge in [0.15, 0.2) is 17.9 Å². The number of aryl methyl sites for hydroxylation is 1. The smallest absolute Gasteiger partial charge is 0.161 e. The zero-order chi connectivity index (χ0) is 13.3. The van der Waals surface area contributed by atoms with Crippen LogP contribution < -0.4 is 0 Å². The van der Waals surface area contributed by atoms with Crippen LogP contribution in [-0.2, 0) is 0 Å². The molecule has 1 nitrogen and oxygen atoms in total. The molecule has 2 aromatic rings. The molecule has 0 saturated carbocycles. The number of benzene rings is 2. The molecule has 0 fully saturated rings. The second kappa shape index (κ2) is 4.64. The lowest BCUT2D eigenvalue weighted by atomic mass is 9.97. The minimum absolute atomic E-state index is 0.125. The van der Waals surface area contributed by atoms with Gasteiger partial charge in [-0.3, -0.25) is 4.79 Å². The van der Waals surface area contributed by atoms with Gasteiger partial charge in [0.25, 0.3) is 0 Å². The molecule has 2 rings (SSSR count). The van der Waals surface area contributed by atoms with Crippen LogP contribution in [0.5, 0.6) is 0 Å². The normalized spacial score (nSPS) is 10.4. The average Bonchev–Trinajstić information content (AvgIpc) is 2.34. The van der Waals surface area contributed by atoms with E-state index in [1.807, 2.05) is 0 Å². The van der Waals surface area contributed by atoms with E-state index in [1.165, 1.54) is 6.07 Å². The maximum absolute atomic E-state index is 13.6. The Morgan fingerprint density at radius 3 is 2.22 bits per heavy atom. The van der Waals surface area contributed by atoms with Crippen molar-refractivity contribution in [2.45, 2.75) is 6.92 Å². The highest BCUT2D eigenvalue weighted by Crippen LogP contribution is 2.28. The lowest BCUT2D eigenvalue weighted by molar-refractivity contribution is 0.112. The van der Waals surface area contributed by atoms with Gasteiger partial charge >= 0.3 is 0 Å². The van der Waals surface area contributed by atoms with Crippen LogP contribution in [-0.4, -0.2) is 6.29 Å². The highest BCUT2D eigenvalue weighted by Gasteiger charge is 2.14. The van der Waals surface area contributed by atoms with Gasteiger partial charge in [-0.15, -0.1) is 0 Å². The lowest BCUT2D eigenvalue weighted by Gasteiger charge is -2.08. The topological polar surface area (TPSA) is 17.1 Å². The molecule has 0 aliphatic rings. The third kappa shape index (κ3) is 2.14. The number of aldehydes is 1. The second-order valence-electron chi connectivity index (χ2n) is 3.95. The van der Waals surface area contributed by atoms with Gasteiger partial charge < -0.3 is 0 Å². The highest BCUT2D eigenvalue weighted by atomic mass is 19.2. The number of carbonyl (C=O) groups is 1. The Balaban J connectivity index is 2.72. The largest absolute Gasteiger partial charge is 0.298 e. The number of hydrogen-bond acceptors (Lipinski definition) is 1. The van der Waals surface area contributed by atoms with E-state index in [9.17, 15) is 18.0 Å². The Bertz CT molecular complexity index is 621. The molecule has 0 heterocycles. The summed E-state index contributed by atoms with van der Waals surface area (Å²) in [7, 11) is 0. The van der Waals surface area contributed by atoms with Crippen molar-refractivity contribution in [3.63, 3.8) is 0 Å². The molecule has 0 amide bonds. The fourth-order valence-corrected chi connectivity index (χ4v) is 1.74. The summed E-state index contributed by atoms with van der Waals surface area (Å²) in [4.78, 5) is 10.9. The van der Waals surface area contributed by atoms with Gasteiger partial charge in [0.05, 0.1) is 0 Å². The Morgan fingerprint density at radius 2 is 1.56 bits per heavy atom. The summed E-state index contributed by atoms with van der Waals surface area (Å²) in [6.07, 6.45) is 0.551. The molecular formula is C14H9F3O. The second-order valence-corrected chi connectivity index (χ2v) is 3.95. The summed E-state index contributed by atoms with van der Waals surface area (Å²) < 4.78 is 39.6. The third-order valence-corrected chi connectivity index (χ3v) is 2.64. The molecule has 2 aromatic carbocycles. The van der Waals surface area contributed by atoms with Crippen molar-refractivity contribution in [3.05, 3.63) is 58.9 Å². The van der Waals surface area contributed by atoms with Crippen LogP contribution >= 0.6 is 0 Å². The molecule has 0 saturated heterocycles. The molecule has 0 unspecified atom stereocenters. The van der Waals surface area contributed by atoms with Gasteiger partial charge in [0, 0.05) is 17.2 Å². The Kier molecular flexibility index (Phi) is 3.19. The number of halogens is 3. The zero-order valence-corrected chi connectivity index (χ0v) is 9.51. The molecule has 18 heavy (non-hydrogen) atoms. The average molecular weight is 250 g/mol. The number of carbonyl (C=O) groups excluding carboxylic acids is 1. The van der Waals surface area contributed by atoms with Crippen LogP contribution in [0.3, 0.4) is 0 Å². The monoisotopic (exact) mass is 250 g/mol. The summed E-state index contributed by atoms with van der Waals surface area (Å²) in [6, 6.07) is 5.98. The van der Waals surface area contributed by atoms with Crippen molar-refractivity contribution < 1.29 is 18.0 Å². The van der Waals surface area contributed by atoms with Crippen LogP contribution in [0.1, 0.15) is 15.9 Å². The van der Waals surface area contributed by atoms with Crippen LogP contribution in [0, 0.1) is 24.4 Å². The zero-order valence-electron chi connectivity index (χ0n) is 9.51. The van der Waals surface area contributed by atoms with Gasteiger partial charge in [0.1, 0.15) is 5.82 Å². The van der Waals surface area contributed by atoms with Gasteiger partial charge in [-0.25, -0.2) is 13.2 Å². The van der Waals surface area contributed by atoms with Crippen molar-refractivity contribution in [2.24, 2.45) is 0 Å². The first kappa shape index (κ1) is 12.4. The highest BCUT2D eigenvalue weighted by molar-refractivity contribution is 5.88. The Morgan fingerprint density at radius 1 is 0.889 bits per heavy atom. The Labute approximate surface area is 102 Å². The summed E-state index contributed by atoms with van der Waals surface area (Å²) in [5.74, 6) is -3.30. The first-order chi connectivity index (χ1) is 8.52. The molecule has 4 heteroatoms. The van der Waals surface area contributed by atoms with Gasteiger partial charge in [0.2, 0.25) is 0 Å². The minimum Gasteiger partial charge on any atom is -0.298 e. The Hall–Kier alpha value is -2.10. The van der Waals surface area contributed by atoms with Crippen molar-refractivity contribution >= 4 is 6.29 Å². The maximum Gasteiger partial charge on any atom is 0.161 e. The van der Waals surface area contributed by atoms with E-state index in [4.69, 9.17) is 0 Å². The summed E-state index contributed by atoms with van der Waals surface area (Å²) >= 11 is 0. The molecule has 0 aromatic heterocycles. The van der Waals surface area contributed by atoms with E-state index in [0.29, 0.717) is 12.4 Å². The number of rotatable bonds is 2. The molecule has 0 atom stereocenters. The van der Waals surface area contributed by atoms with Crippen LogP contribution in [0.4, 0.5) is 13.2 Å². The predicted molar refractivity (Wildman–Crippen MR) is 61.9 cm³/mol. The summed E-state index contributed by atoms with van der Waals surface area (Å²) in [6.45, 7) is 1.76. The standard InChI is InChI=1S/C14H9F3O/c1-8-2-3-9(7-18)10(4-8)11-5-13(16)14(17)6-12(11)15/h2-7H,1H3. The molecule has 0 aliphatic carbocycles. The first-order valence-corrected chi connectivity index (χ1v) is 5.23. The van der Waals surface area contributed by atoms with Gasteiger partial charge in [-0.05, 0) is 18.6 Å². The van der Waals surface area contributed by atoms with E-state index in [2.05, 4.69) is 0 Å². The van der Waals surface area contributed by atoms with E-state index in [0.717, 1.165) is 11.6 Å².